The fourth-order valence-corrected chi connectivity index (χ4v) is 2.66. The molecule has 4 nitrogen and oxygen atoms in total. The van der Waals surface area contributed by atoms with Crippen LogP contribution in [0.2, 0.25) is 5.02 Å². The highest BCUT2D eigenvalue weighted by atomic mass is 35.5. The van der Waals surface area contributed by atoms with Crippen molar-refractivity contribution >= 4 is 17.3 Å². The van der Waals surface area contributed by atoms with Gasteiger partial charge in [-0.25, -0.2) is 0 Å². The van der Waals surface area contributed by atoms with Crippen molar-refractivity contribution in [2.75, 3.05) is 5.32 Å². The molecule has 1 unspecified atom stereocenters. The lowest BCUT2D eigenvalue weighted by Gasteiger charge is -2.13. The Bertz CT molecular complexity index is 878. The number of aromatic amines is 1. The van der Waals surface area contributed by atoms with E-state index < -0.39 is 6.10 Å². The number of nitrogens with one attached hydrogen (secondary N) is 2. The van der Waals surface area contributed by atoms with Crippen LogP contribution in [0.25, 0.3) is 0 Å². The van der Waals surface area contributed by atoms with E-state index in [-0.39, 0.29) is 5.56 Å². The van der Waals surface area contributed by atoms with Crippen LogP contribution in [-0.4, -0.2) is 10.1 Å². The molecule has 1 aromatic heterocycles. The molecule has 0 amide bonds. The number of aliphatic hydroxyl groups excluding tert-OH is 1. The van der Waals surface area contributed by atoms with E-state index in [1.165, 1.54) is 6.20 Å². The van der Waals surface area contributed by atoms with Crippen molar-refractivity contribution in [3.8, 4) is 0 Å². The third-order valence-electron chi connectivity index (χ3n) is 3.75. The fraction of sp³-hybridized carbons (Fsp3) is 0.105. The van der Waals surface area contributed by atoms with E-state index in [0.717, 1.165) is 16.8 Å². The van der Waals surface area contributed by atoms with Crippen LogP contribution in [0.1, 0.15) is 22.8 Å². The van der Waals surface area contributed by atoms with Crippen molar-refractivity contribution in [2.45, 2.75) is 12.6 Å². The van der Waals surface area contributed by atoms with Gasteiger partial charge in [-0.3, -0.25) is 4.79 Å². The lowest BCUT2D eigenvalue weighted by atomic mass is 10.0. The van der Waals surface area contributed by atoms with Gasteiger partial charge >= 0.3 is 0 Å². The maximum Gasteiger partial charge on any atom is 0.253 e. The molecule has 3 N–H and O–H groups in total. The van der Waals surface area contributed by atoms with E-state index in [4.69, 9.17) is 11.6 Å². The molecule has 1 heterocycles. The van der Waals surface area contributed by atoms with Crippen LogP contribution in [0.3, 0.4) is 0 Å². The van der Waals surface area contributed by atoms with Crippen LogP contribution in [0.5, 0.6) is 0 Å². The van der Waals surface area contributed by atoms with Gasteiger partial charge in [0.1, 0.15) is 6.10 Å². The molecular weight excluding hydrogens is 324 g/mol. The summed E-state index contributed by atoms with van der Waals surface area (Å²) in [6.45, 7) is 0.348. The summed E-state index contributed by atoms with van der Waals surface area (Å²) >= 11 is 5.90. The number of benzene rings is 2. The van der Waals surface area contributed by atoms with E-state index in [2.05, 4.69) is 10.3 Å². The van der Waals surface area contributed by atoms with Gasteiger partial charge in [-0.2, -0.15) is 0 Å². The lowest BCUT2D eigenvalue weighted by molar-refractivity contribution is 0.220. The van der Waals surface area contributed by atoms with Gasteiger partial charge in [-0.1, -0.05) is 54.1 Å². The molecule has 0 spiro atoms. The summed E-state index contributed by atoms with van der Waals surface area (Å²) in [4.78, 5) is 14.3. The number of hydrogen-bond donors (Lipinski definition) is 3. The number of anilines is 1. The highest BCUT2D eigenvalue weighted by Gasteiger charge is 2.10. The summed E-state index contributed by atoms with van der Waals surface area (Å²) in [6.07, 6.45) is 0.770. The van der Waals surface area contributed by atoms with Crippen molar-refractivity contribution in [1.82, 2.24) is 4.98 Å². The van der Waals surface area contributed by atoms with Gasteiger partial charge in [-0.15, -0.1) is 0 Å². The Morgan fingerprint density at radius 3 is 2.58 bits per heavy atom. The Morgan fingerprint density at radius 2 is 1.79 bits per heavy atom. The second kappa shape index (κ2) is 7.34. The van der Waals surface area contributed by atoms with Crippen molar-refractivity contribution in [3.63, 3.8) is 0 Å². The highest BCUT2D eigenvalue weighted by Crippen LogP contribution is 2.24. The topological polar surface area (TPSA) is 65.1 Å². The molecule has 0 fully saturated rings. The number of halogens is 1. The minimum absolute atomic E-state index is 0.174. The first-order chi connectivity index (χ1) is 11.6. The fourth-order valence-electron chi connectivity index (χ4n) is 2.48. The molecule has 0 saturated heterocycles. The molecule has 5 heteroatoms. The van der Waals surface area contributed by atoms with Crippen molar-refractivity contribution in [3.05, 3.63) is 98.9 Å². The largest absolute Gasteiger partial charge is 0.384 e. The molecule has 0 radical (unpaired) electrons. The molecule has 24 heavy (non-hydrogen) atoms. The Labute approximate surface area is 144 Å². The third-order valence-corrected chi connectivity index (χ3v) is 3.96. The first-order valence-corrected chi connectivity index (χ1v) is 7.95. The standard InChI is InChI=1S/C19H17ClN2O2/c20-16-9-15(19(24)22-12-16)11-21-17-8-4-7-14(10-17)18(23)13-5-2-1-3-6-13/h1-10,12,18,21,23H,11H2,(H,22,24). The van der Waals surface area contributed by atoms with E-state index in [1.807, 2.05) is 54.6 Å². The normalized spacial score (nSPS) is 11.9. The molecule has 0 aliphatic heterocycles. The summed E-state index contributed by atoms with van der Waals surface area (Å²) < 4.78 is 0. The number of H-pyrrole nitrogens is 1. The highest BCUT2D eigenvalue weighted by molar-refractivity contribution is 6.30. The molecule has 122 valence electrons. The molecule has 0 aliphatic rings. The van der Waals surface area contributed by atoms with Crippen LogP contribution in [-0.2, 0) is 6.54 Å². The van der Waals surface area contributed by atoms with E-state index in [9.17, 15) is 9.90 Å². The maximum absolute atomic E-state index is 11.8. The summed E-state index contributed by atoms with van der Waals surface area (Å²) in [5.74, 6) is 0. The quantitative estimate of drug-likeness (QED) is 0.663. The van der Waals surface area contributed by atoms with E-state index >= 15 is 0 Å². The Hall–Kier alpha value is -2.56. The molecule has 2 aromatic carbocycles. The number of rotatable bonds is 5. The second-order valence-electron chi connectivity index (χ2n) is 5.46. The van der Waals surface area contributed by atoms with Gasteiger partial charge in [0.15, 0.2) is 0 Å². The smallest absolute Gasteiger partial charge is 0.253 e. The van der Waals surface area contributed by atoms with Crippen molar-refractivity contribution < 1.29 is 5.11 Å². The van der Waals surface area contributed by atoms with Gasteiger partial charge in [0.2, 0.25) is 0 Å². The predicted octanol–water partition coefficient (Wildman–Crippen LogP) is 3.72. The lowest BCUT2D eigenvalue weighted by Crippen LogP contribution is -2.15. The van der Waals surface area contributed by atoms with E-state index in [0.29, 0.717) is 17.1 Å². The summed E-state index contributed by atoms with van der Waals surface area (Å²) in [5, 5.41) is 14.2. The Kier molecular flexibility index (Phi) is 4.99. The van der Waals surface area contributed by atoms with Gasteiger partial charge < -0.3 is 15.4 Å². The zero-order valence-electron chi connectivity index (χ0n) is 12.9. The second-order valence-corrected chi connectivity index (χ2v) is 5.90. The Morgan fingerprint density at radius 1 is 1.04 bits per heavy atom. The molecule has 3 aromatic rings. The molecule has 1 atom stereocenters. The van der Waals surface area contributed by atoms with Crippen LogP contribution < -0.4 is 10.9 Å². The number of hydrogen-bond acceptors (Lipinski definition) is 3. The average molecular weight is 341 g/mol. The summed E-state index contributed by atoms with van der Waals surface area (Å²) in [7, 11) is 0. The van der Waals surface area contributed by atoms with E-state index in [1.54, 1.807) is 6.07 Å². The monoisotopic (exact) mass is 340 g/mol. The molecule has 0 aliphatic carbocycles. The van der Waals surface area contributed by atoms with Gasteiger partial charge in [0, 0.05) is 24.0 Å². The van der Waals surface area contributed by atoms with Gasteiger partial charge in [0.05, 0.1) is 5.02 Å². The first kappa shape index (κ1) is 16.3. The third kappa shape index (κ3) is 3.85. The molecule has 3 rings (SSSR count). The zero-order valence-corrected chi connectivity index (χ0v) is 13.6. The number of aromatic nitrogens is 1. The zero-order chi connectivity index (χ0) is 16.9. The SMILES string of the molecule is O=c1[nH]cc(Cl)cc1CNc1cccc(C(O)c2ccccc2)c1. The number of pyridine rings is 1. The van der Waals surface area contributed by atoms with Crippen LogP contribution >= 0.6 is 11.6 Å². The first-order valence-electron chi connectivity index (χ1n) is 7.57. The van der Waals surface area contributed by atoms with Crippen LogP contribution in [0.15, 0.2) is 71.7 Å². The molecule has 0 saturated carbocycles. The van der Waals surface area contributed by atoms with Gasteiger partial charge in [-0.05, 0) is 29.3 Å². The minimum Gasteiger partial charge on any atom is -0.384 e. The average Bonchev–Trinajstić information content (AvgIpc) is 2.63. The molecule has 0 bridgehead atoms. The summed E-state index contributed by atoms with van der Waals surface area (Å²) in [6, 6.07) is 18.6. The maximum atomic E-state index is 11.8. The van der Waals surface area contributed by atoms with Gasteiger partial charge in [0.25, 0.3) is 5.56 Å². The van der Waals surface area contributed by atoms with Crippen molar-refractivity contribution in [1.29, 1.82) is 0 Å². The van der Waals surface area contributed by atoms with Crippen LogP contribution in [0.4, 0.5) is 5.69 Å². The summed E-state index contributed by atoms with van der Waals surface area (Å²) in [5.41, 5.74) is 2.82. The predicted molar refractivity (Wildman–Crippen MR) is 96.3 cm³/mol. The van der Waals surface area contributed by atoms with Crippen molar-refractivity contribution in [2.24, 2.45) is 0 Å². The minimum atomic E-state index is -0.692. The van der Waals surface area contributed by atoms with Crippen LogP contribution in [0, 0.1) is 0 Å². The number of aliphatic hydroxyl groups is 1. The molecular formula is C19H17ClN2O2. The Balaban J connectivity index is 1.76.